The van der Waals surface area contributed by atoms with Crippen LogP contribution < -0.4 is 0 Å². The van der Waals surface area contributed by atoms with Gasteiger partial charge in [0.05, 0.1) is 27.7 Å². The van der Waals surface area contributed by atoms with Gasteiger partial charge in [0.2, 0.25) is 0 Å². The van der Waals surface area contributed by atoms with E-state index in [1.165, 1.54) is 38.5 Å². The van der Waals surface area contributed by atoms with Crippen LogP contribution in [0.25, 0.3) is 0 Å². The lowest BCUT2D eigenvalue weighted by molar-refractivity contribution is -0.870. The maximum absolute atomic E-state index is 12.4. The average Bonchev–Trinajstić information content (AvgIpc) is 2.90. The Morgan fingerprint density at radius 1 is 0.780 bits per heavy atom. The molecule has 1 N–H and O–H groups in total. The van der Waals surface area contributed by atoms with E-state index in [-0.39, 0.29) is 32.0 Å². The van der Waals surface area contributed by atoms with Crippen molar-refractivity contribution in [1.29, 1.82) is 0 Å². The fourth-order valence-corrected chi connectivity index (χ4v) is 4.81. The van der Waals surface area contributed by atoms with Gasteiger partial charge in [-0.2, -0.15) is 0 Å². The number of phosphoric acid groups is 1. The monoisotopic (exact) mass is 606 g/mol. The highest BCUT2D eigenvalue weighted by molar-refractivity contribution is 7.47. The average molecular weight is 607 g/mol. The quantitative estimate of drug-likeness (QED) is 0.0321. The van der Waals surface area contributed by atoms with E-state index in [1.807, 2.05) is 28.1 Å². The van der Waals surface area contributed by atoms with Crippen molar-refractivity contribution in [2.45, 2.75) is 129 Å². The molecule has 9 nitrogen and oxygen atoms in total. The molecule has 1 unspecified atom stereocenters. The van der Waals surface area contributed by atoms with Crippen LogP contribution >= 0.6 is 7.82 Å². The van der Waals surface area contributed by atoms with Crippen molar-refractivity contribution in [2.24, 2.45) is 0 Å². The number of esters is 2. The Balaban J connectivity index is 4.54. The molecule has 41 heavy (non-hydrogen) atoms. The Morgan fingerprint density at radius 3 is 1.88 bits per heavy atom. The lowest BCUT2D eigenvalue weighted by Crippen LogP contribution is -2.37. The molecule has 0 aliphatic heterocycles. The highest BCUT2D eigenvalue weighted by atomic mass is 31.2. The maximum Gasteiger partial charge on any atom is 0.472 e. The third-order valence-electron chi connectivity index (χ3n) is 6.64. The van der Waals surface area contributed by atoms with E-state index >= 15 is 0 Å². The molecule has 0 amide bonds. The molecule has 0 fully saturated rings. The normalized spacial score (nSPS) is 14.2. The summed E-state index contributed by atoms with van der Waals surface area (Å²) < 4.78 is 33.8. The molecule has 242 valence electrons. The second kappa shape index (κ2) is 25.3. The summed E-state index contributed by atoms with van der Waals surface area (Å²) in [6, 6.07) is 0. The Labute approximate surface area is 250 Å². The molecule has 10 heteroatoms. The molecule has 0 saturated carbocycles. The summed E-state index contributed by atoms with van der Waals surface area (Å²) in [7, 11) is 1.47. The first-order valence-electron chi connectivity index (χ1n) is 15.9. The fourth-order valence-electron chi connectivity index (χ4n) is 4.07. The van der Waals surface area contributed by atoms with Gasteiger partial charge in [0.15, 0.2) is 6.10 Å². The predicted molar refractivity (Wildman–Crippen MR) is 164 cm³/mol. The van der Waals surface area contributed by atoms with Crippen LogP contribution in [-0.4, -0.2) is 74.9 Å². The van der Waals surface area contributed by atoms with Gasteiger partial charge in [0, 0.05) is 12.8 Å². The molecule has 0 heterocycles. The molecule has 0 aromatic rings. The van der Waals surface area contributed by atoms with Crippen molar-refractivity contribution in [3.63, 3.8) is 0 Å². The van der Waals surface area contributed by atoms with Crippen LogP contribution in [0.1, 0.15) is 123 Å². The van der Waals surface area contributed by atoms with Crippen LogP contribution in [0.4, 0.5) is 0 Å². The third kappa shape index (κ3) is 28.6. The fraction of sp³-hybridized carbons (Fsp3) is 0.871. The van der Waals surface area contributed by atoms with Gasteiger partial charge in [-0.1, -0.05) is 89.7 Å². The number of carbonyl (C=O) groups excluding carboxylic acids is 2. The van der Waals surface area contributed by atoms with E-state index in [1.54, 1.807) is 0 Å². The molecule has 0 bridgehead atoms. The summed E-state index contributed by atoms with van der Waals surface area (Å²) in [5.74, 6) is -0.820. The number of nitrogens with zero attached hydrogens (tertiary/aromatic N) is 1. The topological polar surface area (TPSA) is 108 Å². The SMILES string of the molecule is C/C=C/CCCCCCCC(=O)O[C@@H](COC(=O)CCCCCCCCCCC)COP(=O)(O)OCC[N+](C)(C)C. The number of hydrogen-bond acceptors (Lipinski definition) is 7. The van der Waals surface area contributed by atoms with Gasteiger partial charge in [0.1, 0.15) is 19.8 Å². The predicted octanol–water partition coefficient (Wildman–Crippen LogP) is 7.51. The summed E-state index contributed by atoms with van der Waals surface area (Å²) in [5, 5.41) is 0. The number of rotatable bonds is 28. The number of hydrogen-bond donors (Lipinski definition) is 1. The Bertz CT molecular complexity index is 738. The van der Waals surface area contributed by atoms with E-state index < -0.39 is 26.5 Å². The molecule has 0 aliphatic carbocycles. The number of allylic oxidation sites excluding steroid dienone is 2. The zero-order valence-electron chi connectivity index (χ0n) is 26.8. The number of ether oxygens (including phenoxy) is 2. The lowest BCUT2D eigenvalue weighted by atomic mass is 10.1. The minimum Gasteiger partial charge on any atom is -0.462 e. The molecule has 0 aliphatic rings. The van der Waals surface area contributed by atoms with Crippen LogP contribution in [0.3, 0.4) is 0 Å². The highest BCUT2D eigenvalue weighted by Crippen LogP contribution is 2.43. The molecule has 0 rings (SSSR count). The lowest BCUT2D eigenvalue weighted by Gasteiger charge is -2.24. The first-order valence-corrected chi connectivity index (χ1v) is 17.4. The number of quaternary nitrogens is 1. The minimum atomic E-state index is -4.35. The number of carbonyl (C=O) groups is 2. The van der Waals surface area contributed by atoms with Crippen LogP contribution in [0, 0.1) is 0 Å². The first-order chi connectivity index (χ1) is 19.5. The molecule has 0 aromatic carbocycles. The van der Waals surface area contributed by atoms with Crippen molar-refractivity contribution >= 4 is 19.8 Å². The summed E-state index contributed by atoms with van der Waals surface area (Å²) in [6.07, 6.45) is 20.1. The van der Waals surface area contributed by atoms with Crippen molar-refractivity contribution in [3.05, 3.63) is 12.2 Å². The van der Waals surface area contributed by atoms with Gasteiger partial charge in [-0.3, -0.25) is 18.6 Å². The van der Waals surface area contributed by atoms with E-state index in [4.69, 9.17) is 18.5 Å². The standard InChI is InChI=1S/C31H60NO8P/c1-6-8-10-12-14-16-18-19-21-23-30(33)37-27-29(28-39-41(35,36)38-26-25-32(3,4)5)40-31(34)24-22-20-17-15-13-11-9-7-2/h7,9,29H,6,8,10-28H2,1-5H3/p+1/b9-7+/t29-/m0/s1. The Hall–Kier alpha value is -1.25. The summed E-state index contributed by atoms with van der Waals surface area (Å²) in [6.45, 7) is 4.14. The van der Waals surface area contributed by atoms with E-state index in [0.717, 1.165) is 51.4 Å². The zero-order valence-corrected chi connectivity index (χ0v) is 27.7. The van der Waals surface area contributed by atoms with Gasteiger partial charge >= 0.3 is 19.8 Å². The van der Waals surface area contributed by atoms with Gasteiger partial charge < -0.3 is 18.9 Å². The molecule has 0 radical (unpaired) electrons. The van der Waals surface area contributed by atoms with Crippen LogP contribution in [0.2, 0.25) is 0 Å². The zero-order chi connectivity index (χ0) is 30.8. The van der Waals surface area contributed by atoms with E-state index in [9.17, 15) is 19.0 Å². The van der Waals surface area contributed by atoms with E-state index in [2.05, 4.69) is 19.1 Å². The highest BCUT2D eigenvalue weighted by Gasteiger charge is 2.27. The van der Waals surface area contributed by atoms with Crippen LogP contribution in [0.5, 0.6) is 0 Å². The van der Waals surface area contributed by atoms with Gasteiger partial charge in [-0.15, -0.1) is 0 Å². The molecular formula is C31H61NO8P+. The third-order valence-corrected chi connectivity index (χ3v) is 7.62. The maximum atomic E-state index is 12.4. The van der Waals surface area contributed by atoms with Crippen LogP contribution in [-0.2, 0) is 32.7 Å². The van der Waals surface area contributed by atoms with Crippen LogP contribution in [0.15, 0.2) is 12.2 Å². The minimum absolute atomic E-state index is 0.0319. The number of unbranched alkanes of at least 4 members (excludes halogenated alkanes) is 13. The largest absolute Gasteiger partial charge is 0.472 e. The van der Waals surface area contributed by atoms with E-state index in [0.29, 0.717) is 17.4 Å². The van der Waals surface area contributed by atoms with Crippen molar-refractivity contribution in [2.75, 3.05) is 47.5 Å². The Kier molecular flexibility index (Phi) is 24.5. The first kappa shape index (κ1) is 39.8. The summed E-state index contributed by atoms with van der Waals surface area (Å²) in [4.78, 5) is 34.8. The molecule has 2 atom stereocenters. The number of phosphoric ester groups is 1. The van der Waals surface area contributed by atoms with Crippen molar-refractivity contribution < 1.29 is 42.1 Å². The molecule has 0 saturated heterocycles. The van der Waals surface area contributed by atoms with Gasteiger partial charge in [0.25, 0.3) is 0 Å². The molecular weight excluding hydrogens is 545 g/mol. The Morgan fingerprint density at radius 2 is 1.32 bits per heavy atom. The molecule has 0 spiro atoms. The number of likely N-dealkylation sites (N-methyl/N-ethyl adjacent to an activating group) is 1. The van der Waals surface area contributed by atoms with Crippen molar-refractivity contribution in [3.8, 4) is 0 Å². The second-order valence-electron chi connectivity index (χ2n) is 11.9. The summed E-state index contributed by atoms with van der Waals surface area (Å²) >= 11 is 0. The van der Waals surface area contributed by atoms with Crippen molar-refractivity contribution in [1.82, 2.24) is 0 Å². The summed E-state index contributed by atoms with van der Waals surface area (Å²) in [5.41, 5.74) is 0. The van der Waals surface area contributed by atoms with Gasteiger partial charge in [-0.25, -0.2) is 4.57 Å². The molecule has 0 aromatic heterocycles. The smallest absolute Gasteiger partial charge is 0.462 e. The van der Waals surface area contributed by atoms with Gasteiger partial charge in [-0.05, 0) is 32.6 Å². The second-order valence-corrected chi connectivity index (χ2v) is 13.3.